The Morgan fingerprint density at radius 3 is 2.29 bits per heavy atom. The van der Waals surface area contributed by atoms with Crippen molar-refractivity contribution in [2.45, 2.75) is 0 Å². The molecule has 2 aromatic carbocycles. The lowest BCUT2D eigenvalue weighted by Gasteiger charge is -2.04. The van der Waals surface area contributed by atoms with E-state index in [0.717, 1.165) is 0 Å². The summed E-state index contributed by atoms with van der Waals surface area (Å²) in [5.74, 6) is 0. The molecule has 0 amide bonds. The van der Waals surface area contributed by atoms with Crippen molar-refractivity contribution in [3.8, 4) is 11.1 Å². The lowest BCUT2D eigenvalue weighted by Crippen LogP contribution is -2.26. The van der Waals surface area contributed by atoms with Crippen LogP contribution in [0, 0.1) is 0 Å². The van der Waals surface area contributed by atoms with Crippen LogP contribution in [0.1, 0.15) is 0 Å². The highest BCUT2D eigenvalue weighted by molar-refractivity contribution is 5.94. The van der Waals surface area contributed by atoms with Crippen molar-refractivity contribution in [2.24, 2.45) is 7.05 Å². The molecule has 1 heteroatoms. The summed E-state index contributed by atoms with van der Waals surface area (Å²) in [4.78, 5) is 0. The minimum atomic E-state index is 1.26. The number of nitrogens with zero attached hydrogens (tertiary/aromatic N) is 1. The molecule has 0 N–H and O–H groups in total. The normalized spacial score (nSPS) is 10.6. The van der Waals surface area contributed by atoms with E-state index in [-0.39, 0.29) is 0 Å². The Labute approximate surface area is 101 Å². The molecule has 0 saturated carbocycles. The second kappa shape index (κ2) is 4.02. The monoisotopic (exact) mass is 220 g/mol. The molecule has 0 spiro atoms. The van der Waals surface area contributed by atoms with Gasteiger partial charge in [-0.05, 0) is 11.6 Å². The molecular formula is C16H14N+. The molecule has 0 atom stereocenters. The SMILES string of the molecule is C[n+]1cc(-c2ccccc2)c2ccccc2c1. The summed E-state index contributed by atoms with van der Waals surface area (Å²) in [6.45, 7) is 0. The van der Waals surface area contributed by atoms with Crippen LogP contribution in [0.25, 0.3) is 21.9 Å². The number of pyridine rings is 1. The standard InChI is InChI=1S/C16H14N/c1-17-11-14-9-5-6-10-15(14)16(12-17)13-7-3-2-4-8-13/h2-12H,1H3/q+1. The van der Waals surface area contributed by atoms with Crippen LogP contribution in [-0.2, 0) is 7.05 Å². The van der Waals surface area contributed by atoms with Crippen molar-refractivity contribution < 1.29 is 4.57 Å². The van der Waals surface area contributed by atoms with Crippen molar-refractivity contribution in [3.63, 3.8) is 0 Å². The molecule has 0 fully saturated rings. The average molecular weight is 220 g/mol. The molecule has 17 heavy (non-hydrogen) atoms. The molecule has 1 heterocycles. The highest BCUT2D eigenvalue weighted by atomic mass is 14.9. The van der Waals surface area contributed by atoms with E-state index in [4.69, 9.17) is 0 Å². The van der Waals surface area contributed by atoms with Gasteiger partial charge in [0.1, 0.15) is 7.05 Å². The second-order valence-electron chi connectivity index (χ2n) is 4.29. The van der Waals surface area contributed by atoms with Crippen molar-refractivity contribution in [3.05, 3.63) is 67.0 Å². The maximum atomic E-state index is 2.18. The van der Waals surface area contributed by atoms with E-state index in [1.807, 2.05) is 0 Å². The van der Waals surface area contributed by atoms with Crippen LogP contribution < -0.4 is 4.57 Å². The van der Waals surface area contributed by atoms with Crippen LogP contribution in [-0.4, -0.2) is 0 Å². The topological polar surface area (TPSA) is 3.88 Å². The summed E-state index contributed by atoms with van der Waals surface area (Å²) in [5, 5.41) is 2.58. The summed E-state index contributed by atoms with van der Waals surface area (Å²) >= 11 is 0. The van der Waals surface area contributed by atoms with Crippen LogP contribution in [0.4, 0.5) is 0 Å². The number of benzene rings is 2. The van der Waals surface area contributed by atoms with Gasteiger partial charge in [0.2, 0.25) is 0 Å². The predicted molar refractivity (Wildman–Crippen MR) is 70.6 cm³/mol. The summed E-state index contributed by atoms with van der Waals surface area (Å²) < 4.78 is 2.12. The Kier molecular flexibility index (Phi) is 2.37. The maximum absolute atomic E-state index is 2.18. The third-order valence-corrected chi connectivity index (χ3v) is 3.01. The number of hydrogen-bond acceptors (Lipinski definition) is 0. The van der Waals surface area contributed by atoms with Gasteiger partial charge in [-0.1, -0.05) is 48.5 Å². The van der Waals surface area contributed by atoms with E-state index >= 15 is 0 Å². The van der Waals surface area contributed by atoms with E-state index in [2.05, 4.69) is 78.6 Å². The Balaban J connectivity index is 2.36. The second-order valence-corrected chi connectivity index (χ2v) is 4.29. The number of aryl methyl sites for hydroxylation is 1. The zero-order valence-corrected chi connectivity index (χ0v) is 9.80. The van der Waals surface area contributed by atoms with Gasteiger partial charge < -0.3 is 0 Å². The quantitative estimate of drug-likeness (QED) is 0.554. The molecule has 0 aliphatic rings. The van der Waals surface area contributed by atoms with E-state index in [1.54, 1.807) is 0 Å². The molecule has 0 saturated heterocycles. The third kappa shape index (κ3) is 1.80. The Bertz CT molecular complexity index is 657. The average Bonchev–Trinajstić information content (AvgIpc) is 2.39. The Morgan fingerprint density at radius 1 is 0.765 bits per heavy atom. The summed E-state index contributed by atoms with van der Waals surface area (Å²) in [6.07, 6.45) is 4.33. The first-order chi connectivity index (χ1) is 8.34. The summed E-state index contributed by atoms with van der Waals surface area (Å²) in [5.41, 5.74) is 2.55. The lowest BCUT2D eigenvalue weighted by molar-refractivity contribution is -0.669. The Morgan fingerprint density at radius 2 is 1.47 bits per heavy atom. The molecule has 0 bridgehead atoms. The van der Waals surface area contributed by atoms with Crippen LogP contribution in [0.5, 0.6) is 0 Å². The van der Waals surface area contributed by atoms with Gasteiger partial charge in [-0.15, -0.1) is 0 Å². The number of fused-ring (bicyclic) bond motifs is 1. The molecule has 0 radical (unpaired) electrons. The van der Waals surface area contributed by atoms with Crippen molar-refractivity contribution >= 4 is 10.8 Å². The zero-order valence-electron chi connectivity index (χ0n) is 9.80. The van der Waals surface area contributed by atoms with Gasteiger partial charge in [-0.2, -0.15) is 0 Å². The first kappa shape index (κ1) is 10.0. The summed E-state index contributed by atoms with van der Waals surface area (Å²) in [6, 6.07) is 19.0. The molecule has 0 unspecified atom stereocenters. The van der Waals surface area contributed by atoms with Crippen LogP contribution >= 0.6 is 0 Å². The van der Waals surface area contributed by atoms with Gasteiger partial charge in [0, 0.05) is 10.8 Å². The maximum Gasteiger partial charge on any atom is 0.177 e. The van der Waals surface area contributed by atoms with Gasteiger partial charge in [0.05, 0.1) is 5.56 Å². The van der Waals surface area contributed by atoms with Crippen LogP contribution in [0.2, 0.25) is 0 Å². The number of rotatable bonds is 1. The molecule has 1 aromatic heterocycles. The van der Waals surface area contributed by atoms with Gasteiger partial charge in [0.15, 0.2) is 12.4 Å². The van der Waals surface area contributed by atoms with Gasteiger partial charge in [-0.3, -0.25) is 0 Å². The molecular weight excluding hydrogens is 206 g/mol. The van der Waals surface area contributed by atoms with E-state index in [0.29, 0.717) is 0 Å². The Hall–Kier alpha value is -2.15. The van der Waals surface area contributed by atoms with Gasteiger partial charge in [-0.25, -0.2) is 4.57 Å². The molecule has 1 nitrogen and oxygen atoms in total. The number of aromatic nitrogens is 1. The highest BCUT2D eigenvalue weighted by Gasteiger charge is 2.08. The van der Waals surface area contributed by atoms with Gasteiger partial charge >= 0.3 is 0 Å². The smallest absolute Gasteiger partial charge is 0.177 e. The minimum absolute atomic E-state index is 1.26. The largest absolute Gasteiger partial charge is 0.207 e. The zero-order chi connectivity index (χ0) is 11.7. The molecule has 3 rings (SSSR count). The fourth-order valence-corrected chi connectivity index (χ4v) is 2.23. The highest BCUT2D eigenvalue weighted by Crippen LogP contribution is 2.26. The minimum Gasteiger partial charge on any atom is -0.207 e. The summed E-state index contributed by atoms with van der Waals surface area (Å²) in [7, 11) is 2.07. The molecule has 82 valence electrons. The fourth-order valence-electron chi connectivity index (χ4n) is 2.23. The number of hydrogen-bond donors (Lipinski definition) is 0. The lowest BCUT2D eigenvalue weighted by atomic mass is 10.0. The predicted octanol–water partition coefficient (Wildman–Crippen LogP) is 3.33. The molecule has 3 aromatic rings. The van der Waals surface area contributed by atoms with Crippen LogP contribution in [0.15, 0.2) is 67.0 Å². The molecule has 0 aliphatic carbocycles. The van der Waals surface area contributed by atoms with Crippen LogP contribution in [0.3, 0.4) is 0 Å². The first-order valence-electron chi connectivity index (χ1n) is 5.78. The van der Waals surface area contributed by atoms with E-state index in [1.165, 1.54) is 21.9 Å². The fraction of sp³-hybridized carbons (Fsp3) is 0.0625. The van der Waals surface area contributed by atoms with E-state index < -0.39 is 0 Å². The van der Waals surface area contributed by atoms with Gasteiger partial charge in [0.25, 0.3) is 0 Å². The van der Waals surface area contributed by atoms with Crippen molar-refractivity contribution in [1.29, 1.82) is 0 Å². The first-order valence-corrected chi connectivity index (χ1v) is 5.78. The third-order valence-electron chi connectivity index (χ3n) is 3.01. The van der Waals surface area contributed by atoms with E-state index in [9.17, 15) is 0 Å². The molecule has 0 aliphatic heterocycles. The van der Waals surface area contributed by atoms with Crippen molar-refractivity contribution in [2.75, 3.05) is 0 Å². The van der Waals surface area contributed by atoms with Crippen molar-refractivity contribution in [1.82, 2.24) is 0 Å².